The topological polar surface area (TPSA) is 24.9 Å². The van der Waals surface area contributed by atoms with Crippen molar-refractivity contribution in [3.8, 4) is 0 Å². The molecule has 1 aromatic carbocycles. The molecule has 0 amide bonds. The summed E-state index contributed by atoms with van der Waals surface area (Å²) in [6.45, 7) is 5.77. The van der Waals surface area contributed by atoms with Gasteiger partial charge in [-0.05, 0) is 60.0 Å². The summed E-state index contributed by atoms with van der Waals surface area (Å²) >= 11 is 0. The fraction of sp³-hybridized carbons (Fsp3) is 0.421. The van der Waals surface area contributed by atoms with Crippen molar-refractivity contribution in [2.45, 2.75) is 39.2 Å². The first-order chi connectivity index (χ1) is 10.2. The molecule has 0 bridgehead atoms. The maximum atomic E-state index is 4.08. The van der Waals surface area contributed by atoms with Gasteiger partial charge in [-0.2, -0.15) is 0 Å². The molecule has 0 fully saturated rings. The lowest BCUT2D eigenvalue weighted by Gasteiger charge is -2.40. The Morgan fingerprint density at radius 3 is 2.71 bits per heavy atom. The van der Waals surface area contributed by atoms with Crippen LogP contribution in [0, 0.1) is 5.41 Å². The van der Waals surface area contributed by atoms with Gasteiger partial charge in [0.15, 0.2) is 0 Å². The Kier molecular flexibility index (Phi) is 4.07. The first-order valence-electron chi connectivity index (χ1n) is 7.87. The first kappa shape index (κ1) is 14.3. The molecule has 1 aliphatic carbocycles. The number of aromatic nitrogens is 1. The molecule has 2 nitrogen and oxygen atoms in total. The Hall–Kier alpha value is -1.67. The van der Waals surface area contributed by atoms with Gasteiger partial charge in [-0.25, -0.2) is 0 Å². The molecule has 2 heteroatoms. The quantitative estimate of drug-likeness (QED) is 0.918. The summed E-state index contributed by atoms with van der Waals surface area (Å²) in [7, 11) is 0. The van der Waals surface area contributed by atoms with Crippen molar-refractivity contribution in [1.29, 1.82) is 0 Å². The molecule has 110 valence electrons. The van der Waals surface area contributed by atoms with E-state index in [1.807, 2.05) is 12.4 Å². The Morgan fingerprint density at radius 2 is 1.90 bits per heavy atom. The largest absolute Gasteiger partial charge is 0.309 e. The second kappa shape index (κ2) is 5.98. The van der Waals surface area contributed by atoms with E-state index >= 15 is 0 Å². The maximum absolute atomic E-state index is 4.08. The van der Waals surface area contributed by atoms with Crippen LogP contribution >= 0.6 is 0 Å². The second-order valence-electron chi connectivity index (χ2n) is 6.68. The van der Waals surface area contributed by atoms with Crippen molar-refractivity contribution in [2.24, 2.45) is 5.41 Å². The van der Waals surface area contributed by atoms with Gasteiger partial charge in [0.1, 0.15) is 0 Å². The van der Waals surface area contributed by atoms with Crippen LogP contribution in [0.5, 0.6) is 0 Å². The van der Waals surface area contributed by atoms with E-state index in [-0.39, 0.29) is 0 Å². The molecule has 0 saturated carbocycles. The van der Waals surface area contributed by atoms with E-state index in [4.69, 9.17) is 0 Å². The van der Waals surface area contributed by atoms with E-state index in [2.05, 4.69) is 60.5 Å². The number of benzene rings is 1. The van der Waals surface area contributed by atoms with E-state index in [1.165, 1.54) is 29.5 Å². The van der Waals surface area contributed by atoms with Crippen LogP contribution < -0.4 is 5.32 Å². The molecule has 1 aliphatic rings. The summed E-state index contributed by atoms with van der Waals surface area (Å²) in [4.78, 5) is 4.08. The Bertz CT molecular complexity index is 590. The highest BCUT2D eigenvalue weighted by Gasteiger charge is 2.35. The molecule has 1 aromatic heterocycles. The van der Waals surface area contributed by atoms with Crippen LogP contribution in [-0.4, -0.2) is 11.5 Å². The molecule has 2 aromatic rings. The van der Waals surface area contributed by atoms with E-state index in [9.17, 15) is 0 Å². The fourth-order valence-electron chi connectivity index (χ4n) is 3.36. The third-order valence-corrected chi connectivity index (χ3v) is 4.70. The lowest BCUT2D eigenvalue weighted by molar-refractivity contribution is 0.210. The van der Waals surface area contributed by atoms with Crippen LogP contribution in [0.1, 0.15) is 43.0 Å². The molecule has 21 heavy (non-hydrogen) atoms. The molecular formula is C19H24N2. The normalized spacial score (nSPS) is 20.0. The second-order valence-corrected chi connectivity index (χ2v) is 6.68. The lowest BCUT2D eigenvalue weighted by Crippen LogP contribution is -2.39. The van der Waals surface area contributed by atoms with Gasteiger partial charge in [0.05, 0.1) is 0 Å². The highest BCUT2D eigenvalue weighted by molar-refractivity contribution is 5.34. The van der Waals surface area contributed by atoms with Gasteiger partial charge in [0.2, 0.25) is 0 Å². The molecule has 0 saturated heterocycles. The summed E-state index contributed by atoms with van der Waals surface area (Å²) in [6, 6.07) is 13.5. The van der Waals surface area contributed by atoms with E-state index in [0.29, 0.717) is 11.5 Å². The van der Waals surface area contributed by atoms with Gasteiger partial charge >= 0.3 is 0 Å². The van der Waals surface area contributed by atoms with E-state index in [1.54, 1.807) is 0 Å². The Balaban J connectivity index is 1.71. The minimum absolute atomic E-state index is 0.312. The van der Waals surface area contributed by atoms with Gasteiger partial charge in [0, 0.05) is 18.4 Å². The van der Waals surface area contributed by atoms with Crippen molar-refractivity contribution >= 4 is 0 Å². The van der Waals surface area contributed by atoms with Crippen LogP contribution in [0.2, 0.25) is 0 Å². The Morgan fingerprint density at radius 1 is 1.14 bits per heavy atom. The van der Waals surface area contributed by atoms with Crippen LogP contribution in [0.15, 0.2) is 48.8 Å². The molecule has 0 radical (unpaired) electrons. The zero-order valence-corrected chi connectivity index (χ0v) is 13.0. The van der Waals surface area contributed by atoms with Crippen molar-refractivity contribution in [3.05, 3.63) is 65.5 Å². The molecule has 3 rings (SSSR count). The standard InChI is InChI=1S/C19H24N2/c1-19(2)11-7-16-5-3-4-6-17(16)18(19)21-14-10-15-8-12-20-13-9-15/h3-6,8-9,12-13,18,21H,7,10-11,14H2,1-2H3. The minimum atomic E-state index is 0.312. The van der Waals surface area contributed by atoms with Gasteiger partial charge in [0.25, 0.3) is 0 Å². The van der Waals surface area contributed by atoms with Crippen LogP contribution in [0.3, 0.4) is 0 Å². The van der Waals surface area contributed by atoms with E-state index in [0.717, 1.165) is 13.0 Å². The zero-order chi connectivity index (χ0) is 14.7. The number of aryl methyl sites for hydroxylation is 1. The molecule has 1 N–H and O–H groups in total. The van der Waals surface area contributed by atoms with Gasteiger partial charge in [-0.1, -0.05) is 38.1 Å². The summed E-state index contributed by atoms with van der Waals surface area (Å²) in [5, 5.41) is 3.80. The van der Waals surface area contributed by atoms with Gasteiger partial charge < -0.3 is 5.32 Å². The number of nitrogens with one attached hydrogen (secondary N) is 1. The van der Waals surface area contributed by atoms with Crippen molar-refractivity contribution in [3.63, 3.8) is 0 Å². The highest BCUT2D eigenvalue weighted by atomic mass is 14.9. The third-order valence-electron chi connectivity index (χ3n) is 4.70. The summed E-state index contributed by atoms with van der Waals surface area (Å²) in [5.74, 6) is 0. The number of hydrogen-bond donors (Lipinski definition) is 1. The molecule has 1 heterocycles. The van der Waals surface area contributed by atoms with Gasteiger partial charge in [-0.15, -0.1) is 0 Å². The summed E-state index contributed by atoms with van der Waals surface area (Å²) in [5.41, 5.74) is 4.66. The van der Waals surface area contributed by atoms with Crippen molar-refractivity contribution < 1.29 is 0 Å². The monoisotopic (exact) mass is 280 g/mol. The third kappa shape index (κ3) is 3.16. The number of fused-ring (bicyclic) bond motifs is 1. The smallest absolute Gasteiger partial charge is 0.0374 e. The van der Waals surface area contributed by atoms with Crippen molar-refractivity contribution in [2.75, 3.05) is 6.54 Å². The Labute approximate surface area is 127 Å². The van der Waals surface area contributed by atoms with Crippen LogP contribution in [-0.2, 0) is 12.8 Å². The number of nitrogens with zero attached hydrogens (tertiary/aromatic N) is 1. The SMILES string of the molecule is CC1(C)CCc2ccccc2C1NCCc1ccncc1. The molecule has 1 atom stereocenters. The lowest BCUT2D eigenvalue weighted by atomic mass is 9.70. The first-order valence-corrected chi connectivity index (χ1v) is 7.87. The average Bonchev–Trinajstić information content (AvgIpc) is 2.50. The predicted molar refractivity (Wildman–Crippen MR) is 87.2 cm³/mol. The minimum Gasteiger partial charge on any atom is -0.309 e. The predicted octanol–water partition coefficient (Wildman–Crippen LogP) is 3.93. The number of hydrogen-bond acceptors (Lipinski definition) is 2. The summed E-state index contributed by atoms with van der Waals surface area (Å²) in [6.07, 6.45) is 7.24. The zero-order valence-electron chi connectivity index (χ0n) is 13.0. The summed E-state index contributed by atoms with van der Waals surface area (Å²) < 4.78 is 0. The number of rotatable bonds is 4. The van der Waals surface area contributed by atoms with Crippen LogP contribution in [0.4, 0.5) is 0 Å². The van der Waals surface area contributed by atoms with Crippen LogP contribution in [0.25, 0.3) is 0 Å². The fourth-order valence-corrected chi connectivity index (χ4v) is 3.36. The van der Waals surface area contributed by atoms with Gasteiger partial charge in [-0.3, -0.25) is 4.98 Å². The molecule has 0 aliphatic heterocycles. The highest BCUT2D eigenvalue weighted by Crippen LogP contribution is 2.43. The van der Waals surface area contributed by atoms with E-state index < -0.39 is 0 Å². The average molecular weight is 280 g/mol. The maximum Gasteiger partial charge on any atom is 0.0374 e. The molecule has 0 spiro atoms. The van der Waals surface area contributed by atoms with Crippen molar-refractivity contribution in [1.82, 2.24) is 10.3 Å². The molecular weight excluding hydrogens is 256 g/mol. The number of pyridine rings is 1. The molecule has 1 unspecified atom stereocenters.